The fourth-order valence-corrected chi connectivity index (χ4v) is 15.7. The lowest BCUT2D eigenvalue weighted by Crippen LogP contribution is -2.24. The minimum atomic E-state index is -0.142. The highest BCUT2D eigenvalue weighted by atomic mass is 15.1. The molecule has 468 valence electrons. The molecule has 8 heterocycles. The first-order valence-electron chi connectivity index (χ1n) is 33.7. The summed E-state index contributed by atoms with van der Waals surface area (Å²) < 4.78 is 4.04. The number of rotatable bonds is 0. The van der Waals surface area contributed by atoms with Crippen LogP contribution in [-0.2, 0) is 14.1 Å². The first-order chi connectivity index (χ1) is 49.2. The maximum absolute atomic E-state index is 5.54. The van der Waals surface area contributed by atoms with E-state index in [1.165, 1.54) is 0 Å². The second-order valence-corrected chi connectivity index (χ2v) is 26.5. The minimum absolute atomic E-state index is 0.142. The van der Waals surface area contributed by atoms with Gasteiger partial charge in [0.1, 0.15) is 22.6 Å². The third kappa shape index (κ3) is 8.37. The van der Waals surface area contributed by atoms with E-state index in [2.05, 4.69) is 208 Å². The molecular weight excluding hydrogens is 1230 g/mol. The topological polar surface area (TPSA) is 161 Å². The summed E-state index contributed by atoms with van der Waals surface area (Å²) in [6.07, 6.45) is 0. The maximum atomic E-state index is 5.54. The summed E-state index contributed by atoms with van der Waals surface area (Å²) in [7, 11) is 3.98. The summed E-state index contributed by atoms with van der Waals surface area (Å²) in [6.45, 7) is 4.41. The van der Waals surface area contributed by atoms with E-state index >= 15 is 0 Å². The Morgan fingerprint density at radius 1 is 0.240 bits per heavy atom. The van der Waals surface area contributed by atoms with Crippen molar-refractivity contribution >= 4 is 133 Å². The van der Waals surface area contributed by atoms with E-state index in [4.69, 9.17) is 59.9 Å². The van der Waals surface area contributed by atoms with E-state index in [0.717, 1.165) is 176 Å². The van der Waals surface area contributed by atoms with Crippen LogP contribution in [0.2, 0.25) is 0 Å². The summed E-state index contributed by atoms with van der Waals surface area (Å²) >= 11 is 0. The number of hydrogen-bond donors (Lipinski definition) is 0. The van der Waals surface area contributed by atoms with Gasteiger partial charge in [0, 0.05) is 114 Å². The van der Waals surface area contributed by atoms with Crippen LogP contribution in [0.3, 0.4) is 0 Å². The van der Waals surface area contributed by atoms with E-state index in [-0.39, 0.29) is 11.8 Å². The highest BCUT2D eigenvalue weighted by Crippen LogP contribution is 2.41. The van der Waals surface area contributed by atoms with Crippen molar-refractivity contribution in [2.75, 3.05) is 0 Å². The van der Waals surface area contributed by atoms with Gasteiger partial charge in [-0.1, -0.05) is 208 Å². The molecule has 14 nitrogen and oxygen atoms in total. The molecule has 0 radical (unpaired) electrons. The van der Waals surface area contributed by atoms with Gasteiger partial charge in [0.25, 0.3) is 0 Å². The molecule has 0 fully saturated rings. The van der Waals surface area contributed by atoms with E-state index in [1.807, 2.05) is 71.8 Å². The summed E-state index contributed by atoms with van der Waals surface area (Å²) in [4.78, 5) is 63.5. The number of amidine groups is 4. The van der Waals surface area contributed by atoms with Gasteiger partial charge < -0.3 is 9.13 Å². The number of hydrogen-bond acceptors (Lipinski definition) is 12. The Kier molecular flexibility index (Phi) is 11.8. The average molecular weight is 1280 g/mol. The fraction of sp³-hybridized carbons (Fsp3) is 0.0698. The monoisotopic (exact) mass is 1280 g/mol. The number of benzene rings is 12. The zero-order valence-corrected chi connectivity index (χ0v) is 54.5. The summed E-state index contributed by atoms with van der Waals surface area (Å²) in [5, 5.41) is 15.3. The van der Waals surface area contributed by atoms with Gasteiger partial charge in [-0.25, -0.2) is 59.9 Å². The molecule has 0 spiro atoms. The van der Waals surface area contributed by atoms with Crippen LogP contribution in [0.15, 0.2) is 273 Å². The predicted molar refractivity (Wildman–Crippen MR) is 405 cm³/mol. The second kappa shape index (κ2) is 21.1. The third-order valence-electron chi connectivity index (χ3n) is 20.8. The third-order valence-corrected chi connectivity index (χ3v) is 20.8. The zero-order valence-electron chi connectivity index (χ0n) is 54.5. The summed E-state index contributed by atoms with van der Waals surface area (Å²) in [5.41, 5.74) is 16.7. The van der Waals surface area contributed by atoms with Gasteiger partial charge in [0.15, 0.2) is 46.6 Å². The van der Waals surface area contributed by atoms with Crippen molar-refractivity contribution in [3.8, 4) is 45.6 Å². The molecule has 16 bridgehead atoms. The average Bonchev–Trinajstić information content (AvgIpc) is 1.58. The molecule has 22 rings (SSSR count). The molecule has 0 atom stereocenters. The number of aliphatic imine (C=N–C) groups is 6. The molecule has 0 unspecified atom stereocenters. The van der Waals surface area contributed by atoms with Gasteiger partial charge in [-0.15, -0.1) is 0 Å². The number of nitrogens with zero attached hydrogens (tertiary/aromatic N) is 14. The lowest BCUT2D eigenvalue weighted by molar-refractivity contribution is 0.954. The van der Waals surface area contributed by atoms with Crippen LogP contribution in [0.25, 0.3) is 144 Å². The maximum Gasteiger partial charge on any atom is 0.164 e. The lowest BCUT2D eigenvalue weighted by Gasteiger charge is -2.10. The van der Waals surface area contributed by atoms with Gasteiger partial charge in [-0.2, -0.15) is 0 Å². The van der Waals surface area contributed by atoms with Crippen LogP contribution in [0.4, 0.5) is 0 Å². The van der Waals surface area contributed by atoms with Crippen LogP contribution >= 0.6 is 0 Å². The van der Waals surface area contributed by atoms with Crippen molar-refractivity contribution in [2.45, 2.75) is 13.8 Å². The highest BCUT2D eigenvalue weighted by Gasteiger charge is 2.37. The molecule has 2 aliphatic carbocycles. The van der Waals surface area contributed by atoms with E-state index in [0.29, 0.717) is 46.6 Å². The van der Waals surface area contributed by atoms with Gasteiger partial charge in [-0.05, 0) is 91.6 Å². The minimum Gasteiger partial charge on any atom is -0.313 e. The standard InChI is InChI=1S/C52H32N6.C34H22N8/c1-27-45-37-19-29-11-3-4-12-30(29)20-38(37)46(27)54-50-42-24-34-16-8-10-18-36(34)26-44(42)52(58-50)56-48-28(2)47(39-21-31-13-5-6-14-32(31)22-40(39)48)55-51-43-25-35-17-9-7-15-33(35)23-41(43)49(53-45)57-51;1-41-31-23-15-7-8-16-24(23)32(41)38-28-20-12-4-6-14-22(20)30(36-28)40-34-26-18-10-9-17-25(26)33(42(34)2)39-29-21-13-5-3-11-19(21)27(35-29)37-31/h3-28H,1-2H3;3-18H,1-2H3. The molecule has 100 heavy (non-hydrogen) atoms. The van der Waals surface area contributed by atoms with Gasteiger partial charge >= 0.3 is 0 Å². The molecule has 12 aromatic carbocycles. The van der Waals surface area contributed by atoms with E-state index < -0.39 is 0 Å². The van der Waals surface area contributed by atoms with Gasteiger partial charge in [-0.3, -0.25) is 0 Å². The molecule has 14 heteroatoms. The Hall–Kier alpha value is -13.2. The molecule has 0 N–H and O–H groups in total. The molecule has 7 aliphatic rings. The first kappa shape index (κ1) is 56.0. The number of aromatic nitrogens is 8. The van der Waals surface area contributed by atoms with Crippen molar-refractivity contribution in [1.29, 1.82) is 0 Å². The van der Waals surface area contributed by atoms with Crippen LogP contribution < -0.4 is 10.4 Å². The molecule has 5 aliphatic heterocycles. The van der Waals surface area contributed by atoms with Crippen LogP contribution in [-0.4, -0.2) is 73.8 Å². The summed E-state index contributed by atoms with van der Waals surface area (Å²) in [6, 6.07) is 84.6. The van der Waals surface area contributed by atoms with Gasteiger partial charge in [0.2, 0.25) is 0 Å². The quantitative estimate of drug-likeness (QED) is 0.147. The second-order valence-electron chi connectivity index (χ2n) is 26.5. The number of fused-ring (bicyclic) bond motifs is 40. The van der Waals surface area contributed by atoms with E-state index in [9.17, 15) is 0 Å². The summed E-state index contributed by atoms with van der Waals surface area (Å²) in [5.74, 6) is 4.86. The SMILES string of the molecule is CC1C2=NC3=NC(=NC4=c5cc6ccccc6cc5=C(N=C5N=C(N=C1c1cc6ccccc6cc12)c1cc2ccccc2cc15)C4C)c1cc2ccccc2cc13.Cn1c2nc3nc(nc4c5ccccc5c(nc5nc(nc1c1ccccc12)-c1ccccc1-5)n4C)-c1ccccc1-3. The highest BCUT2D eigenvalue weighted by molar-refractivity contribution is 6.38. The molecule has 0 saturated heterocycles. The Morgan fingerprint density at radius 3 is 0.790 bits per heavy atom. The Bertz CT molecular complexity index is 6290. The van der Waals surface area contributed by atoms with Crippen molar-refractivity contribution in [3.63, 3.8) is 0 Å². The van der Waals surface area contributed by atoms with Crippen molar-refractivity contribution < 1.29 is 0 Å². The Morgan fingerprint density at radius 2 is 0.490 bits per heavy atom. The van der Waals surface area contributed by atoms with E-state index in [1.54, 1.807) is 0 Å². The van der Waals surface area contributed by atoms with Crippen molar-refractivity contribution in [2.24, 2.45) is 55.9 Å². The molecule has 0 saturated carbocycles. The van der Waals surface area contributed by atoms with Crippen molar-refractivity contribution in [3.05, 3.63) is 286 Å². The molecule has 3 aromatic heterocycles. The predicted octanol–water partition coefficient (Wildman–Crippen LogP) is 16.4. The first-order valence-corrected chi connectivity index (χ1v) is 33.7. The zero-order chi connectivity index (χ0) is 66.2. The molecule has 15 aromatic rings. The smallest absolute Gasteiger partial charge is 0.164 e. The molecular formula is C86H54N14. The fourth-order valence-electron chi connectivity index (χ4n) is 15.7. The van der Waals surface area contributed by atoms with Crippen molar-refractivity contribution in [1.82, 2.24) is 39.0 Å². The number of aryl methyl sites for hydroxylation is 2. The Labute approximate surface area is 571 Å². The largest absolute Gasteiger partial charge is 0.313 e. The van der Waals surface area contributed by atoms with Crippen LogP contribution in [0.1, 0.15) is 47.2 Å². The molecule has 0 amide bonds. The lowest BCUT2D eigenvalue weighted by atomic mass is 10.00. The Balaban J connectivity index is 0.000000138. The van der Waals surface area contributed by atoms with Crippen LogP contribution in [0.5, 0.6) is 0 Å². The van der Waals surface area contributed by atoms with Crippen LogP contribution in [0, 0.1) is 11.8 Å². The normalized spacial score (nSPS) is 15.9. The van der Waals surface area contributed by atoms with Gasteiger partial charge in [0.05, 0.1) is 22.8 Å².